The Hall–Kier alpha value is -1.71. The predicted molar refractivity (Wildman–Crippen MR) is 94.9 cm³/mol. The van der Waals surface area contributed by atoms with Crippen LogP contribution in [0.25, 0.3) is 0 Å². The fourth-order valence-corrected chi connectivity index (χ4v) is 4.90. The third-order valence-corrected chi connectivity index (χ3v) is 6.35. The maximum Gasteiger partial charge on any atom is 0.291 e. The first-order chi connectivity index (χ1) is 11.9. The van der Waals surface area contributed by atoms with Crippen molar-refractivity contribution in [3.8, 4) is 5.75 Å². The van der Waals surface area contributed by atoms with Crippen LogP contribution in [-0.2, 0) is 23.1 Å². The van der Waals surface area contributed by atoms with Crippen molar-refractivity contribution in [1.29, 1.82) is 0 Å². The van der Waals surface area contributed by atoms with Crippen molar-refractivity contribution in [2.45, 2.75) is 25.6 Å². The number of aromatic nitrogens is 2. The van der Waals surface area contributed by atoms with Crippen LogP contribution in [-0.4, -0.2) is 43.9 Å². The van der Waals surface area contributed by atoms with Crippen LogP contribution < -0.4 is 9.64 Å². The fraction of sp³-hybridized carbons (Fsp3) is 0.500. The zero-order valence-corrected chi connectivity index (χ0v) is 15.9. The van der Waals surface area contributed by atoms with Crippen molar-refractivity contribution in [1.82, 2.24) is 9.78 Å². The van der Waals surface area contributed by atoms with Crippen molar-refractivity contribution in [2.75, 3.05) is 25.7 Å². The first kappa shape index (κ1) is 18.1. The highest BCUT2D eigenvalue weighted by Gasteiger charge is 2.32. The Morgan fingerprint density at radius 2 is 2.12 bits per heavy atom. The summed E-state index contributed by atoms with van der Waals surface area (Å²) < 4.78 is 35.6. The van der Waals surface area contributed by atoms with Gasteiger partial charge in [-0.25, -0.2) is 8.42 Å². The van der Waals surface area contributed by atoms with Gasteiger partial charge >= 0.3 is 0 Å². The molecule has 0 amide bonds. The van der Waals surface area contributed by atoms with Crippen molar-refractivity contribution in [3.05, 3.63) is 40.6 Å². The predicted octanol–water partition coefficient (Wildman–Crippen LogP) is 0.789. The number of benzene rings is 1. The summed E-state index contributed by atoms with van der Waals surface area (Å²) in [4.78, 5) is 1.47. The van der Waals surface area contributed by atoms with Crippen molar-refractivity contribution < 1.29 is 22.5 Å². The third-order valence-electron chi connectivity index (χ3n) is 4.29. The van der Waals surface area contributed by atoms with Crippen LogP contribution in [0.4, 0.5) is 0 Å². The Labute approximate surface area is 152 Å². The summed E-state index contributed by atoms with van der Waals surface area (Å²) in [5, 5.41) is 4.41. The third kappa shape index (κ3) is 4.47. The van der Waals surface area contributed by atoms with Crippen LogP contribution in [0, 0.1) is 4.84 Å². The van der Waals surface area contributed by atoms with E-state index in [4.69, 9.17) is 21.4 Å². The molecule has 25 heavy (non-hydrogen) atoms. The molecule has 1 aromatic heterocycles. The molecule has 1 aliphatic rings. The lowest BCUT2D eigenvalue weighted by Crippen LogP contribution is -3.07. The summed E-state index contributed by atoms with van der Waals surface area (Å²) in [5.74, 6) is 1.36. The second kappa shape index (κ2) is 7.27. The number of methoxy groups -OCH3 is 1. The molecule has 136 valence electrons. The van der Waals surface area contributed by atoms with E-state index < -0.39 is 9.84 Å². The zero-order valence-electron chi connectivity index (χ0n) is 14.3. The number of quaternary nitrogens is 1. The van der Waals surface area contributed by atoms with Crippen LogP contribution in [0.15, 0.2) is 28.7 Å². The maximum absolute atomic E-state index is 11.6. The van der Waals surface area contributed by atoms with E-state index in [2.05, 4.69) is 5.10 Å². The Kier molecular flexibility index (Phi) is 5.26. The van der Waals surface area contributed by atoms with E-state index in [1.807, 2.05) is 31.3 Å². The number of nitrogens with zero attached hydrogens (tertiary/aromatic N) is 2. The summed E-state index contributed by atoms with van der Waals surface area (Å²) in [5.41, 5.74) is 1.18. The van der Waals surface area contributed by atoms with Gasteiger partial charge in [-0.05, 0) is 42.9 Å². The number of hydrogen-bond donors (Lipinski definition) is 1. The van der Waals surface area contributed by atoms with Gasteiger partial charge in [-0.3, -0.25) is 0 Å². The molecule has 0 aliphatic carbocycles. The van der Waals surface area contributed by atoms with Crippen LogP contribution in [0.3, 0.4) is 0 Å². The monoisotopic (exact) mass is 384 g/mol. The van der Waals surface area contributed by atoms with Crippen molar-refractivity contribution >= 4 is 22.1 Å². The molecule has 1 aliphatic heterocycles. The van der Waals surface area contributed by atoms with Gasteiger partial charge in [-0.2, -0.15) is 4.68 Å². The SMILES string of the molecule is COc1ccc(C[NH+](C)Cn2nc([C@@H]3CCS(=O)(=O)C3)oc2=S)cc1. The molecule has 1 aromatic carbocycles. The largest absolute Gasteiger partial charge is 0.497 e. The topological polar surface area (TPSA) is 78.8 Å². The molecule has 2 atom stereocenters. The van der Waals surface area contributed by atoms with Gasteiger partial charge in [0.05, 0.1) is 31.6 Å². The Morgan fingerprint density at radius 1 is 1.40 bits per heavy atom. The fourth-order valence-electron chi connectivity index (χ4n) is 2.98. The average molecular weight is 385 g/mol. The van der Waals surface area contributed by atoms with Gasteiger partial charge in [-0.15, -0.1) is 5.10 Å². The van der Waals surface area contributed by atoms with E-state index in [-0.39, 0.29) is 22.3 Å². The number of sulfone groups is 1. The summed E-state index contributed by atoms with van der Waals surface area (Å²) in [6.45, 7) is 1.35. The van der Waals surface area contributed by atoms with E-state index >= 15 is 0 Å². The Morgan fingerprint density at radius 3 is 2.72 bits per heavy atom. The van der Waals surface area contributed by atoms with Gasteiger partial charge in [0, 0.05) is 5.56 Å². The molecule has 0 radical (unpaired) electrons. The van der Waals surface area contributed by atoms with Gasteiger partial charge in [0.25, 0.3) is 4.84 Å². The number of hydrogen-bond acceptors (Lipinski definition) is 6. The maximum atomic E-state index is 11.6. The second-order valence-electron chi connectivity index (χ2n) is 6.45. The molecule has 0 spiro atoms. The van der Waals surface area contributed by atoms with Crippen LogP contribution in [0.5, 0.6) is 5.75 Å². The normalized spacial score (nSPS) is 20.5. The molecule has 0 bridgehead atoms. The van der Waals surface area contributed by atoms with Crippen LogP contribution in [0.1, 0.15) is 23.8 Å². The second-order valence-corrected chi connectivity index (χ2v) is 9.02. The first-order valence-electron chi connectivity index (χ1n) is 8.09. The van der Waals surface area contributed by atoms with Crippen LogP contribution >= 0.6 is 12.2 Å². The number of rotatable bonds is 6. The first-order valence-corrected chi connectivity index (χ1v) is 10.3. The van der Waals surface area contributed by atoms with E-state index in [0.717, 1.165) is 12.3 Å². The zero-order chi connectivity index (χ0) is 18.0. The molecular formula is C16H22N3O4S2+. The molecule has 1 N–H and O–H groups in total. The Bertz CT molecular complexity index is 887. The number of nitrogens with one attached hydrogen (secondary N) is 1. The van der Waals surface area contributed by atoms with Gasteiger partial charge in [0.15, 0.2) is 16.5 Å². The lowest BCUT2D eigenvalue weighted by atomic mass is 10.1. The minimum atomic E-state index is -2.98. The summed E-state index contributed by atoms with van der Waals surface area (Å²) in [6.07, 6.45) is 0.548. The van der Waals surface area contributed by atoms with E-state index in [9.17, 15) is 8.42 Å². The highest BCUT2D eigenvalue weighted by Crippen LogP contribution is 2.27. The molecule has 2 heterocycles. The van der Waals surface area contributed by atoms with Gasteiger partial charge in [0.2, 0.25) is 5.89 Å². The van der Waals surface area contributed by atoms with E-state index in [1.54, 1.807) is 11.8 Å². The molecule has 7 nitrogen and oxygen atoms in total. The Balaban J connectivity index is 1.65. The highest BCUT2D eigenvalue weighted by molar-refractivity contribution is 7.91. The van der Waals surface area contributed by atoms with Crippen LogP contribution in [0.2, 0.25) is 0 Å². The highest BCUT2D eigenvalue weighted by atomic mass is 32.2. The summed E-state index contributed by atoms with van der Waals surface area (Å²) >= 11 is 5.24. The van der Waals surface area contributed by atoms with Gasteiger partial charge < -0.3 is 14.1 Å². The molecule has 0 saturated carbocycles. The summed E-state index contributed by atoms with van der Waals surface area (Å²) in [6, 6.07) is 7.92. The van der Waals surface area contributed by atoms with Crippen molar-refractivity contribution in [3.63, 3.8) is 0 Å². The lowest BCUT2D eigenvalue weighted by Gasteiger charge is -2.13. The molecule has 3 rings (SSSR count). The minimum absolute atomic E-state index is 0.0941. The summed E-state index contributed by atoms with van der Waals surface area (Å²) in [7, 11) is 0.711. The van der Waals surface area contributed by atoms with E-state index in [0.29, 0.717) is 19.0 Å². The minimum Gasteiger partial charge on any atom is -0.497 e. The smallest absolute Gasteiger partial charge is 0.291 e. The lowest BCUT2D eigenvalue weighted by molar-refractivity contribution is -0.917. The average Bonchev–Trinajstić information content (AvgIpc) is 3.11. The molecule has 1 saturated heterocycles. The molecular weight excluding hydrogens is 362 g/mol. The molecule has 2 aromatic rings. The van der Waals surface area contributed by atoms with Gasteiger partial charge in [0.1, 0.15) is 12.3 Å². The quantitative estimate of drug-likeness (QED) is 0.742. The standard InChI is InChI=1S/C16H21N3O4S2/c1-18(9-12-3-5-14(22-2)6-4-12)11-19-16(24)23-15(17-19)13-7-8-25(20,21)10-13/h3-6,13H,7-11H2,1-2H3/p+1/t13-/m1/s1. The number of ether oxygens (including phenoxy) is 1. The molecule has 1 fully saturated rings. The van der Waals surface area contributed by atoms with Crippen molar-refractivity contribution in [2.24, 2.45) is 0 Å². The molecule has 1 unspecified atom stereocenters. The molecule has 9 heteroatoms. The van der Waals surface area contributed by atoms with E-state index in [1.165, 1.54) is 10.5 Å². The van der Waals surface area contributed by atoms with Gasteiger partial charge in [-0.1, -0.05) is 0 Å².